The van der Waals surface area contributed by atoms with Crippen LogP contribution in [0.1, 0.15) is 31.1 Å². The van der Waals surface area contributed by atoms with E-state index >= 15 is 0 Å². The highest BCUT2D eigenvalue weighted by Gasteiger charge is 2.18. The molecule has 1 N–H and O–H groups in total. The van der Waals surface area contributed by atoms with Gasteiger partial charge in [-0.15, -0.1) is 0 Å². The van der Waals surface area contributed by atoms with Crippen LogP contribution in [0.3, 0.4) is 0 Å². The lowest BCUT2D eigenvalue weighted by molar-refractivity contribution is -0.183. The Balaban J connectivity index is 3.02. The molecule has 4 heteroatoms. The van der Waals surface area contributed by atoms with E-state index in [2.05, 4.69) is 4.89 Å². The maximum Gasteiger partial charge on any atom is 0.376 e. The van der Waals surface area contributed by atoms with Crippen LogP contribution < -0.4 is 4.74 Å². The van der Waals surface area contributed by atoms with Crippen molar-refractivity contribution in [3.63, 3.8) is 0 Å². The number of ether oxygens (including phenoxy) is 1. The number of benzene rings is 1. The van der Waals surface area contributed by atoms with Gasteiger partial charge in [0.15, 0.2) is 0 Å². The van der Waals surface area contributed by atoms with Crippen LogP contribution in [0.25, 0.3) is 0 Å². The average molecular weight is 210 g/mol. The van der Waals surface area contributed by atoms with Crippen LogP contribution in [0.4, 0.5) is 0 Å². The quantitative estimate of drug-likeness (QED) is 0.601. The van der Waals surface area contributed by atoms with Crippen LogP contribution in [0.2, 0.25) is 0 Å². The molecule has 82 valence electrons. The Kier molecular flexibility index (Phi) is 3.31. The third-order valence-corrected chi connectivity index (χ3v) is 1.61. The fourth-order valence-electron chi connectivity index (χ4n) is 1.10. The molecule has 0 unspecified atom stereocenters. The van der Waals surface area contributed by atoms with Gasteiger partial charge in [-0.25, -0.2) is 4.79 Å². The lowest BCUT2D eigenvalue weighted by Gasteiger charge is -2.22. The van der Waals surface area contributed by atoms with Gasteiger partial charge in [0.25, 0.3) is 0 Å². The number of carbonyl (C=O) groups excluding carboxylic acids is 1. The standard InChI is InChI=1S/C11H14O4/c1-11(2,3)14-9-7-5-4-6-8(9)10(12)15-13/h4-7,13H,1-3H3. The molecule has 0 fully saturated rings. The van der Waals surface area contributed by atoms with E-state index in [0.29, 0.717) is 5.75 Å². The van der Waals surface area contributed by atoms with Crippen LogP contribution in [0.15, 0.2) is 24.3 Å². The van der Waals surface area contributed by atoms with Gasteiger partial charge in [0, 0.05) is 0 Å². The summed E-state index contributed by atoms with van der Waals surface area (Å²) in [5.74, 6) is -0.432. The number of carbonyl (C=O) groups is 1. The van der Waals surface area contributed by atoms with E-state index in [1.807, 2.05) is 20.8 Å². The van der Waals surface area contributed by atoms with Crippen molar-refractivity contribution >= 4 is 5.97 Å². The molecule has 1 rings (SSSR count). The molecule has 0 heterocycles. The molecule has 0 spiro atoms. The number of rotatable bonds is 2. The number of hydrogen-bond acceptors (Lipinski definition) is 4. The highest BCUT2D eigenvalue weighted by atomic mass is 17.1. The SMILES string of the molecule is CC(C)(C)Oc1ccccc1C(=O)OO. The van der Waals surface area contributed by atoms with Gasteiger partial charge in [-0.05, 0) is 32.9 Å². The summed E-state index contributed by atoms with van der Waals surface area (Å²) in [7, 11) is 0. The van der Waals surface area contributed by atoms with Crippen LogP contribution >= 0.6 is 0 Å². The summed E-state index contributed by atoms with van der Waals surface area (Å²) in [6.45, 7) is 5.61. The molecule has 0 aliphatic carbocycles. The smallest absolute Gasteiger partial charge is 0.376 e. The summed E-state index contributed by atoms with van der Waals surface area (Å²) >= 11 is 0. The molecule has 1 aromatic carbocycles. The summed E-state index contributed by atoms with van der Waals surface area (Å²) in [4.78, 5) is 14.8. The first kappa shape index (κ1) is 11.5. The van der Waals surface area contributed by atoms with Gasteiger partial charge in [-0.3, -0.25) is 4.89 Å². The third-order valence-electron chi connectivity index (χ3n) is 1.61. The van der Waals surface area contributed by atoms with Gasteiger partial charge >= 0.3 is 5.97 Å². The molecule has 4 nitrogen and oxygen atoms in total. The molecular weight excluding hydrogens is 196 g/mol. The number of hydrogen-bond donors (Lipinski definition) is 1. The Bertz CT molecular complexity index is 352. The fourth-order valence-corrected chi connectivity index (χ4v) is 1.10. The molecule has 0 amide bonds. The van der Waals surface area contributed by atoms with Crippen LogP contribution in [-0.4, -0.2) is 16.8 Å². The molecule has 0 atom stereocenters. The largest absolute Gasteiger partial charge is 0.487 e. The van der Waals surface area contributed by atoms with Crippen molar-refractivity contribution in [1.82, 2.24) is 0 Å². The average Bonchev–Trinajstić information content (AvgIpc) is 2.15. The zero-order valence-electron chi connectivity index (χ0n) is 8.98. The Hall–Kier alpha value is -1.55. The van der Waals surface area contributed by atoms with Crippen molar-refractivity contribution in [2.75, 3.05) is 0 Å². The van der Waals surface area contributed by atoms with E-state index in [0.717, 1.165) is 0 Å². The first-order chi connectivity index (χ1) is 6.94. The summed E-state index contributed by atoms with van der Waals surface area (Å²) in [5, 5.41) is 8.31. The monoisotopic (exact) mass is 210 g/mol. The van der Waals surface area contributed by atoms with Gasteiger partial charge in [-0.1, -0.05) is 12.1 Å². The van der Waals surface area contributed by atoms with E-state index in [-0.39, 0.29) is 5.56 Å². The second-order valence-corrected chi connectivity index (χ2v) is 4.09. The van der Waals surface area contributed by atoms with Gasteiger partial charge in [0.05, 0.1) is 0 Å². The van der Waals surface area contributed by atoms with Crippen molar-refractivity contribution in [1.29, 1.82) is 0 Å². The Morgan fingerprint density at radius 1 is 1.27 bits per heavy atom. The minimum Gasteiger partial charge on any atom is -0.487 e. The Morgan fingerprint density at radius 3 is 2.40 bits per heavy atom. The first-order valence-electron chi connectivity index (χ1n) is 4.58. The van der Waals surface area contributed by atoms with Crippen molar-refractivity contribution in [3.05, 3.63) is 29.8 Å². The fraction of sp³-hybridized carbons (Fsp3) is 0.364. The maximum atomic E-state index is 11.2. The molecule has 0 aliphatic rings. The molecule has 0 bridgehead atoms. The van der Waals surface area contributed by atoms with Gasteiger partial charge in [0.2, 0.25) is 0 Å². The predicted octanol–water partition coefficient (Wildman–Crippen LogP) is 2.49. The van der Waals surface area contributed by atoms with Gasteiger partial charge in [0.1, 0.15) is 16.9 Å². The molecule has 0 aromatic heterocycles. The second kappa shape index (κ2) is 4.31. The molecule has 1 aromatic rings. The van der Waals surface area contributed by atoms with E-state index in [9.17, 15) is 4.79 Å². The summed E-state index contributed by atoms with van der Waals surface area (Å²) in [6, 6.07) is 6.59. The van der Waals surface area contributed by atoms with Crippen molar-refractivity contribution in [2.24, 2.45) is 0 Å². The van der Waals surface area contributed by atoms with Gasteiger partial charge < -0.3 is 4.74 Å². The predicted molar refractivity (Wildman–Crippen MR) is 54.9 cm³/mol. The first-order valence-corrected chi connectivity index (χ1v) is 4.58. The van der Waals surface area contributed by atoms with E-state index in [1.165, 1.54) is 6.07 Å². The normalized spacial score (nSPS) is 10.9. The summed E-state index contributed by atoms with van der Waals surface area (Å²) < 4.78 is 5.54. The van der Waals surface area contributed by atoms with Crippen LogP contribution in [0.5, 0.6) is 5.75 Å². The van der Waals surface area contributed by atoms with Crippen molar-refractivity contribution in [2.45, 2.75) is 26.4 Å². The minimum absolute atomic E-state index is 0.204. The Labute approximate surface area is 88.4 Å². The highest BCUT2D eigenvalue weighted by Crippen LogP contribution is 2.23. The zero-order chi connectivity index (χ0) is 11.5. The lowest BCUT2D eigenvalue weighted by Crippen LogP contribution is -2.24. The van der Waals surface area contributed by atoms with E-state index in [4.69, 9.17) is 9.99 Å². The zero-order valence-corrected chi connectivity index (χ0v) is 8.98. The van der Waals surface area contributed by atoms with Crippen molar-refractivity contribution in [3.8, 4) is 5.75 Å². The third kappa shape index (κ3) is 3.25. The molecule has 0 saturated heterocycles. The molecule has 0 aliphatic heterocycles. The molecule has 0 saturated carbocycles. The van der Waals surface area contributed by atoms with E-state index in [1.54, 1.807) is 18.2 Å². The van der Waals surface area contributed by atoms with Crippen LogP contribution in [0, 0.1) is 0 Å². The van der Waals surface area contributed by atoms with E-state index < -0.39 is 11.6 Å². The van der Waals surface area contributed by atoms with Gasteiger partial charge in [-0.2, -0.15) is 5.26 Å². The maximum absolute atomic E-state index is 11.2. The summed E-state index contributed by atoms with van der Waals surface area (Å²) in [5.41, 5.74) is -0.207. The molecular formula is C11H14O4. The highest BCUT2D eigenvalue weighted by molar-refractivity contribution is 5.92. The topological polar surface area (TPSA) is 55.8 Å². The van der Waals surface area contributed by atoms with Crippen LogP contribution in [-0.2, 0) is 4.89 Å². The minimum atomic E-state index is -0.824. The molecule has 15 heavy (non-hydrogen) atoms. The lowest BCUT2D eigenvalue weighted by atomic mass is 10.1. The summed E-state index contributed by atoms with van der Waals surface area (Å²) in [6.07, 6.45) is 0. The second-order valence-electron chi connectivity index (χ2n) is 4.09. The Morgan fingerprint density at radius 2 is 1.87 bits per heavy atom. The van der Waals surface area contributed by atoms with Crippen molar-refractivity contribution < 1.29 is 19.7 Å². The molecule has 0 radical (unpaired) electrons. The number of para-hydroxylation sites is 1.